The molecule has 1 atom stereocenters. The topological polar surface area (TPSA) is 12.0 Å². The van der Waals surface area contributed by atoms with E-state index in [9.17, 15) is 4.39 Å². The standard InChI is InChI=1S/C18H22FN/c1-3-12-20-18(16-10-6-7-11-17(16)19)13-15-9-5-4-8-14(15)2/h4-11,18,20H,3,12-13H2,1-2H3. The first-order valence-electron chi connectivity index (χ1n) is 7.24. The minimum atomic E-state index is -0.130. The fourth-order valence-electron chi connectivity index (χ4n) is 2.43. The Labute approximate surface area is 120 Å². The molecule has 0 radical (unpaired) electrons. The Morgan fingerprint density at radius 2 is 1.75 bits per heavy atom. The van der Waals surface area contributed by atoms with Crippen LogP contribution >= 0.6 is 0 Å². The zero-order valence-electron chi connectivity index (χ0n) is 12.2. The molecule has 0 heterocycles. The van der Waals surface area contributed by atoms with Crippen LogP contribution in [0.5, 0.6) is 0 Å². The number of halogens is 1. The summed E-state index contributed by atoms with van der Waals surface area (Å²) in [5, 5.41) is 3.46. The quantitative estimate of drug-likeness (QED) is 0.820. The summed E-state index contributed by atoms with van der Waals surface area (Å²) in [6, 6.07) is 15.4. The van der Waals surface area contributed by atoms with E-state index >= 15 is 0 Å². The lowest BCUT2D eigenvalue weighted by atomic mass is 9.95. The third-order valence-corrected chi connectivity index (χ3v) is 3.61. The summed E-state index contributed by atoms with van der Waals surface area (Å²) in [6.45, 7) is 5.12. The average molecular weight is 271 g/mol. The number of rotatable bonds is 6. The molecule has 0 amide bonds. The molecular weight excluding hydrogens is 249 g/mol. The monoisotopic (exact) mass is 271 g/mol. The summed E-state index contributed by atoms with van der Waals surface area (Å²) in [5.41, 5.74) is 3.28. The maximum Gasteiger partial charge on any atom is 0.127 e. The molecule has 0 aliphatic carbocycles. The molecule has 0 bridgehead atoms. The van der Waals surface area contributed by atoms with Crippen molar-refractivity contribution in [2.75, 3.05) is 6.54 Å². The van der Waals surface area contributed by atoms with E-state index in [4.69, 9.17) is 0 Å². The van der Waals surface area contributed by atoms with Gasteiger partial charge in [0.1, 0.15) is 5.82 Å². The second-order valence-corrected chi connectivity index (χ2v) is 5.16. The molecule has 0 saturated carbocycles. The van der Waals surface area contributed by atoms with Gasteiger partial charge < -0.3 is 5.32 Å². The van der Waals surface area contributed by atoms with Crippen LogP contribution in [0.15, 0.2) is 48.5 Å². The molecule has 1 unspecified atom stereocenters. The van der Waals surface area contributed by atoms with E-state index in [1.807, 2.05) is 24.3 Å². The summed E-state index contributed by atoms with van der Waals surface area (Å²) >= 11 is 0. The normalized spacial score (nSPS) is 12.3. The highest BCUT2D eigenvalue weighted by molar-refractivity contribution is 5.29. The summed E-state index contributed by atoms with van der Waals surface area (Å²) < 4.78 is 14.0. The second kappa shape index (κ2) is 7.20. The SMILES string of the molecule is CCCNC(Cc1ccccc1C)c1ccccc1F. The van der Waals surface area contributed by atoms with Gasteiger partial charge in [0, 0.05) is 11.6 Å². The van der Waals surface area contributed by atoms with Crippen molar-refractivity contribution >= 4 is 0 Å². The van der Waals surface area contributed by atoms with E-state index < -0.39 is 0 Å². The molecule has 0 aliphatic rings. The maximum atomic E-state index is 14.0. The van der Waals surface area contributed by atoms with Gasteiger partial charge in [0.15, 0.2) is 0 Å². The van der Waals surface area contributed by atoms with Gasteiger partial charge in [-0.3, -0.25) is 0 Å². The number of aryl methyl sites for hydroxylation is 1. The first kappa shape index (κ1) is 14.7. The smallest absolute Gasteiger partial charge is 0.127 e. The molecule has 0 aromatic heterocycles. The third kappa shape index (κ3) is 3.67. The Balaban J connectivity index is 2.24. The van der Waals surface area contributed by atoms with Gasteiger partial charge in [-0.15, -0.1) is 0 Å². The van der Waals surface area contributed by atoms with Crippen molar-refractivity contribution < 1.29 is 4.39 Å². The maximum absolute atomic E-state index is 14.0. The van der Waals surface area contributed by atoms with Crippen LogP contribution in [0.2, 0.25) is 0 Å². The highest BCUT2D eigenvalue weighted by Crippen LogP contribution is 2.22. The van der Waals surface area contributed by atoms with Crippen LogP contribution in [0.4, 0.5) is 4.39 Å². The lowest BCUT2D eigenvalue weighted by molar-refractivity contribution is 0.496. The van der Waals surface area contributed by atoms with Gasteiger partial charge in [0.25, 0.3) is 0 Å². The lowest BCUT2D eigenvalue weighted by Gasteiger charge is -2.20. The predicted octanol–water partition coefficient (Wildman–Crippen LogP) is 4.42. The van der Waals surface area contributed by atoms with Gasteiger partial charge in [-0.25, -0.2) is 4.39 Å². The van der Waals surface area contributed by atoms with Gasteiger partial charge in [0.2, 0.25) is 0 Å². The van der Waals surface area contributed by atoms with Crippen LogP contribution in [-0.2, 0) is 6.42 Å². The highest BCUT2D eigenvalue weighted by Gasteiger charge is 2.15. The molecule has 20 heavy (non-hydrogen) atoms. The minimum Gasteiger partial charge on any atom is -0.310 e. The van der Waals surface area contributed by atoms with E-state index in [0.717, 1.165) is 24.9 Å². The second-order valence-electron chi connectivity index (χ2n) is 5.16. The van der Waals surface area contributed by atoms with Crippen LogP contribution < -0.4 is 5.32 Å². The molecule has 2 rings (SSSR count). The van der Waals surface area contributed by atoms with E-state index in [1.54, 1.807) is 6.07 Å². The Bertz CT molecular complexity index is 551. The Morgan fingerprint density at radius 1 is 1.05 bits per heavy atom. The lowest BCUT2D eigenvalue weighted by Crippen LogP contribution is -2.25. The number of hydrogen-bond donors (Lipinski definition) is 1. The van der Waals surface area contributed by atoms with Crippen LogP contribution in [0, 0.1) is 12.7 Å². The van der Waals surface area contributed by atoms with Gasteiger partial charge in [-0.2, -0.15) is 0 Å². The molecule has 2 heteroatoms. The molecule has 0 spiro atoms. The molecule has 2 aromatic carbocycles. The van der Waals surface area contributed by atoms with Gasteiger partial charge >= 0.3 is 0 Å². The fraction of sp³-hybridized carbons (Fsp3) is 0.333. The average Bonchev–Trinajstić information content (AvgIpc) is 2.46. The summed E-state index contributed by atoms with van der Waals surface area (Å²) in [6.07, 6.45) is 1.85. The molecule has 0 saturated heterocycles. The summed E-state index contributed by atoms with van der Waals surface area (Å²) in [5.74, 6) is -0.130. The molecule has 106 valence electrons. The van der Waals surface area contributed by atoms with Crippen LogP contribution in [0.1, 0.15) is 36.1 Å². The Morgan fingerprint density at radius 3 is 2.45 bits per heavy atom. The van der Waals surface area contributed by atoms with Crippen molar-refractivity contribution in [2.24, 2.45) is 0 Å². The van der Waals surface area contributed by atoms with Crippen molar-refractivity contribution in [3.8, 4) is 0 Å². The fourth-order valence-corrected chi connectivity index (χ4v) is 2.43. The summed E-state index contributed by atoms with van der Waals surface area (Å²) in [4.78, 5) is 0. The first-order chi connectivity index (χ1) is 9.72. The molecule has 1 N–H and O–H groups in total. The number of hydrogen-bond acceptors (Lipinski definition) is 1. The molecular formula is C18H22FN. The van der Waals surface area contributed by atoms with Crippen molar-refractivity contribution in [1.29, 1.82) is 0 Å². The predicted molar refractivity (Wildman–Crippen MR) is 82.3 cm³/mol. The van der Waals surface area contributed by atoms with Gasteiger partial charge in [0.05, 0.1) is 0 Å². The zero-order valence-corrected chi connectivity index (χ0v) is 12.2. The summed E-state index contributed by atoms with van der Waals surface area (Å²) in [7, 11) is 0. The highest BCUT2D eigenvalue weighted by atomic mass is 19.1. The van der Waals surface area contributed by atoms with E-state index in [1.165, 1.54) is 17.2 Å². The Hall–Kier alpha value is -1.67. The molecule has 0 fully saturated rings. The first-order valence-corrected chi connectivity index (χ1v) is 7.24. The Kier molecular flexibility index (Phi) is 5.31. The number of nitrogens with one attached hydrogen (secondary N) is 1. The third-order valence-electron chi connectivity index (χ3n) is 3.61. The molecule has 1 nitrogen and oxygen atoms in total. The van der Waals surface area contributed by atoms with Crippen LogP contribution in [0.3, 0.4) is 0 Å². The number of benzene rings is 2. The van der Waals surface area contributed by atoms with Crippen LogP contribution in [-0.4, -0.2) is 6.54 Å². The van der Waals surface area contributed by atoms with Crippen molar-refractivity contribution in [1.82, 2.24) is 5.32 Å². The van der Waals surface area contributed by atoms with Gasteiger partial charge in [-0.05, 0) is 43.5 Å². The molecule has 0 aliphatic heterocycles. The van der Waals surface area contributed by atoms with E-state index in [0.29, 0.717) is 0 Å². The van der Waals surface area contributed by atoms with Crippen molar-refractivity contribution in [3.05, 3.63) is 71.0 Å². The van der Waals surface area contributed by atoms with Crippen molar-refractivity contribution in [3.63, 3.8) is 0 Å². The van der Waals surface area contributed by atoms with Crippen molar-refractivity contribution in [2.45, 2.75) is 32.7 Å². The minimum absolute atomic E-state index is 0.0252. The van der Waals surface area contributed by atoms with Crippen LogP contribution in [0.25, 0.3) is 0 Å². The molecule has 2 aromatic rings. The van der Waals surface area contributed by atoms with E-state index in [2.05, 4.69) is 31.3 Å². The van der Waals surface area contributed by atoms with E-state index in [-0.39, 0.29) is 11.9 Å². The van der Waals surface area contributed by atoms with Gasteiger partial charge in [-0.1, -0.05) is 49.4 Å². The zero-order chi connectivity index (χ0) is 14.4. The largest absolute Gasteiger partial charge is 0.310 e.